The van der Waals surface area contributed by atoms with Crippen LogP contribution in [0.2, 0.25) is 0 Å². The van der Waals surface area contributed by atoms with Crippen molar-refractivity contribution in [2.24, 2.45) is 0 Å². The van der Waals surface area contributed by atoms with Gasteiger partial charge in [0.1, 0.15) is 10.5 Å². The molecule has 2 rings (SSSR count). The highest BCUT2D eigenvalue weighted by atomic mass is 32.2. The molecule has 1 heterocycles. The molecule has 11 nitrogen and oxygen atoms in total. The van der Waals surface area contributed by atoms with Crippen molar-refractivity contribution >= 4 is 32.0 Å². The fraction of sp³-hybridized carbons (Fsp3) is 0.350. The normalized spacial score (nSPS) is 13.0. The van der Waals surface area contributed by atoms with Crippen LogP contribution < -0.4 is 5.32 Å². The van der Waals surface area contributed by atoms with E-state index in [1.165, 1.54) is 45.3 Å². The Kier molecular flexibility index (Phi) is 7.70. The lowest BCUT2D eigenvalue weighted by Crippen LogP contribution is -2.44. The molecular formula is C20H25N3O8S2. The Hall–Kier alpha value is -3.19. The molecule has 180 valence electrons. The lowest BCUT2D eigenvalue weighted by molar-refractivity contribution is -0.0476. The van der Waals surface area contributed by atoms with Crippen LogP contribution >= 0.6 is 0 Å². The number of hydroxylamine groups is 1. The third kappa shape index (κ3) is 6.89. The molecule has 0 fully saturated rings. The first-order valence-electron chi connectivity index (χ1n) is 9.59. The Morgan fingerprint density at radius 3 is 2.15 bits per heavy atom. The number of hydrogen-bond donors (Lipinski definition) is 1. The van der Waals surface area contributed by atoms with E-state index in [4.69, 9.17) is 9.57 Å². The Morgan fingerprint density at radius 1 is 1.03 bits per heavy atom. The quantitative estimate of drug-likeness (QED) is 0.613. The summed E-state index contributed by atoms with van der Waals surface area (Å²) >= 11 is 0. The minimum Gasteiger partial charge on any atom is -0.441 e. The zero-order valence-corrected chi connectivity index (χ0v) is 20.3. The summed E-state index contributed by atoms with van der Waals surface area (Å²) in [5.74, 6) is 0. The summed E-state index contributed by atoms with van der Waals surface area (Å²) in [5, 5.41) is 2.38. The number of sulfone groups is 1. The van der Waals surface area contributed by atoms with Crippen molar-refractivity contribution < 1.29 is 36.0 Å². The summed E-state index contributed by atoms with van der Waals surface area (Å²) < 4.78 is 55.6. The lowest BCUT2D eigenvalue weighted by atomic mass is 10.1. The summed E-state index contributed by atoms with van der Waals surface area (Å²) in [5.41, 5.74) is -0.562. The highest BCUT2D eigenvalue weighted by Crippen LogP contribution is 2.26. The maximum atomic E-state index is 13.3. The molecule has 1 aromatic carbocycles. The lowest BCUT2D eigenvalue weighted by Gasteiger charge is -2.26. The number of carbonyl (C=O) groups excluding carboxylic acids is 2. The van der Waals surface area contributed by atoms with Crippen LogP contribution in [0, 0.1) is 0 Å². The van der Waals surface area contributed by atoms with E-state index >= 15 is 0 Å². The number of carbonyl (C=O) groups is 2. The second-order valence-electron chi connectivity index (χ2n) is 7.96. The molecule has 1 unspecified atom stereocenters. The van der Waals surface area contributed by atoms with Crippen molar-refractivity contribution in [3.8, 4) is 0 Å². The summed E-state index contributed by atoms with van der Waals surface area (Å²) in [7, 11) is -9.01. The number of benzene rings is 1. The van der Waals surface area contributed by atoms with Gasteiger partial charge in [-0.25, -0.2) is 18.0 Å². The van der Waals surface area contributed by atoms with Crippen LogP contribution in [0.4, 0.5) is 9.59 Å². The Bertz CT molecular complexity index is 1220. The van der Waals surface area contributed by atoms with E-state index in [2.05, 4.69) is 10.3 Å². The molecule has 2 amide bonds. The van der Waals surface area contributed by atoms with E-state index in [0.717, 1.165) is 18.4 Å². The van der Waals surface area contributed by atoms with E-state index in [-0.39, 0.29) is 4.47 Å². The van der Waals surface area contributed by atoms with E-state index in [9.17, 15) is 26.4 Å². The zero-order chi connectivity index (χ0) is 25.0. The van der Waals surface area contributed by atoms with Gasteiger partial charge in [-0.3, -0.25) is 9.82 Å². The van der Waals surface area contributed by atoms with Gasteiger partial charge in [0.2, 0.25) is 0 Å². The predicted molar refractivity (Wildman–Crippen MR) is 117 cm³/mol. The first kappa shape index (κ1) is 26.1. The molecule has 0 aliphatic heterocycles. The van der Waals surface area contributed by atoms with Gasteiger partial charge in [-0.15, -0.1) is 0 Å². The number of nitrogens with one attached hydrogen (secondary N) is 1. The predicted octanol–water partition coefficient (Wildman–Crippen LogP) is 2.81. The van der Waals surface area contributed by atoms with Crippen molar-refractivity contribution in [2.45, 2.75) is 49.1 Å². The first-order valence-corrected chi connectivity index (χ1v) is 12.9. The Morgan fingerprint density at radius 2 is 1.64 bits per heavy atom. The topological polar surface area (TPSA) is 149 Å². The Labute approximate surface area is 192 Å². The van der Waals surface area contributed by atoms with Crippen LogP contribution in [0.3, 0.4) is 0 Å². The van der Waals surface area contributed by atoms with Crippen LogP contribution in [0.25, 0.3) is 0 Å². The van der Waals surface area contributed by atoms with Crippen molar-refractivity contribution in [1.29, 1.82) is 0 Å². The molecule has 0 bridgehead atoms. The average molecular weight is 500 g/mol. The van der Waals surface area contributed by atoms with Crippen LogP contribution in [0.1, 0.15) is 39.3 Å². The van der Waals surface area contributed by atoms with Gasteiger partial charge in [0.05, 0.1) is 10.9 Å². The summed E-state index contributed by atoms with van der Waals surface area (Å²) in [6.07, 6.45) is 0.996. The van der Waals surface area contributed by atoms with E-state index < -0.39 is 53.5 Å². The number of hydrogen-bond acceptors (Lipinski definition) is 9. The van der Waals surface area contributed by atoms with Gasteiger partial charge in [0.25, 0.3) is 0 Å². The second kappa shape index (κ2) is 9.75. The van der Waals surface area contributed by atoms with Crippen LogP contribution in [0.15, 0.2) is 58.6 Å². The van der Waals surface area contributed by atoms with Crippen molar-refractivity contribution in [3.63, 3.8) is 0 Å². The molecular weight excluding hydrogens is 474 g/mol. The van der Waals surface area contributed by atoms with Gasteiger partial charge in [-0.1, -0.05) is 18.2 Å². The third-order valence-electron chi connectivity index (χ3n) is 3.97. The summed E-state index contributed by atoms with van der Waals surface area (Å²) in [6.45, 7) is 6.02. The highest BCUT2D eigenvalue weighted by molar-refractivity contribution is 7.93. The molecule has 0 aliphatic rings. The first-order chi connectivity index (χ1) is 15.1. The number of ether oxygens (including phenoxy) is 1. The molecule has 1 atom stereocenters. The number of aromatic nitrogens is 1. The van der Waals surface area contributed by atoms with Crippen LogP contribution in [-0.4, -0.2) is 50.3 Å². The van der Waals surface area contributed by atoms with Gasteiger partial charge in [-0.05, 0) is 55.9 Å². The van der Waals surface area contributed by atoms with Gasteiger partial charge < -0.3 is 10.1 Å². The zero-order valence-electron chi connectivity index (χ0n) is 18.7. The number of nitrogens with zero attached hydrogens (tertiary/aromatic N) is 2. The summed E-state index contributed by atoms with van der Waals surface area (Å²) in [4.78, 5) is 32.6. The van der Waals surface area contributed by atoms with Gasteiger partial charge in [-0.2, -0.15) is 8.42 Å². The van der Waals surface area contributed by atoms with E-state index in [0.29, 0.717) is 5.56 Å². The smallest absolute Gasteiger partial charge is 0.441 e. The Balaban J connectivity index is 2.45. The number of rotatable bonds is 5. The third-order valence-corrected chi connectivity index (χ3v) is 6.83. The van der Waals surface area contributed by atoms with Crippen molar-refractivity contribution in [1.82, 2.24) is 14.8 Å². The number of pyridine rings is 1. The van der Waals surface area contributed by atoms with Crippen molar-refractivity contribution in [3.05, 3.63) is 54.4 Å². The second-order valence-corrected chi connectivity index (χ2v) is 11.7. The maximum absolute atomic E-state index is 13.3. The molecule has 0 saturated heterocycles. The minimum atomic E-state index is -5.00. The fourth-order valence-corrected chi connectivity index (χ4v) is 5.22. The van der Waals surface area contributed by atoms with Gasteiger partial charge in [0, 0.05) is 18.6 Å². The molecule has 0 radical (unpaired) electrons. The van der Waals surface area contributed by atoms with Crippen LogP contribution in [0.5, 0.6) is 0 Å². The number of amides is 2. The SMILES string of the molecule is CC(NC(=O)ON(C(=O)OC(C)(C)C)S(=O)(=O)c1ccccc1S(C)(=O)=O)c1cccnc1. The van der Waals surface area contributed by atoms with Crippen LogP contribution in [-0.2, 0) is 29.4 Å². The maximum Gasteiger partial charge on any atom is 0.459 e. The van der Waals surface area contributed by atoms with E-state index in [1.54, 1.807) is 19.1 Å². The molecule has 0 saturated carbocycles. The molecule has 1 aromatic heterocycles. The standard InChI is InChI=1S/C20H25N3O8S2/c1-14(15-9-8-12-21-13-15)22-18(24)31-23(19(25)30-20(2,3)4)33(28,29)17-11-7-6-10-16(17)32(5,26)27/h6-14H,1-5H3,(H,22,24). The van der Waals surface area contributed by atoms with Gasteiger partial charge >= 0.3 is 22.2 Å². The summed E-state index contributed by atoms with van der Waals surface area (Å²) in [6, 6.07) is 7.26. The molecule has 0 spiro atoms. The molecule has 13 heteroatoms. The molecule has 0 aliphatic carbocycles. The highest BCUT2D eigenvalue weighted by Gasteiger charge is 2.40. The van der Waals surface area contributed by atoms with E-state index in [1.807, 2.05) is 0 Å². The molecule has 2 aromatic rings. The average Bonchev–Trinajstić information content (AvgIpc) is 2.70. The molecule has 1 N–H and O–H groups in total. The fourth-order valence-electron chi connectivity index (χ4n) is 2.54. The molecule has 33 heavy (non-hydrogen) atoms. The monoisotopic (exact) mass is 499 g/mol. The van der Waals surface area contributed by atoms with Gasteiger partial charge in [0.15, 0.2) is 9.84 Å². The number of sulfonamides is 1. The largest absolute Gasteiger partial charge is 0.459 e. The van der Waals surface area contributed by atoms with Crippen molar-refractivity contribution in [2.75, 3.05) is 6.26 Å². The minimum absolute atomic E-state index is 0.270.